The van der Waals surface area contributed by atoms with Crippen LogP contribution in [0, 0.1) is 0 Å². The summed E-state index contributed by atoms with van der Waals surface area (Å²) in [6, 6.07) is 0. The second kappa shape index (κ2) is 5.86. The van der Waals surface area contributed by atoms with E-state index in [2.05, 4.69) is 4.98 Å². The molecule has 1 aromatic rings. The van der Waals surface area contributed by atoms with Crippen molar-refractivity contribution in [3.63, 3.8) is 0 Å². The maximum absolute atomic E-state index is 14.4. The minimum atomic E-state index is -1.52. The molecule has 0 saturated carbocycles. The number of halogens is 1. The lowest BCUT2D eigenvalue weighted by atomic mass is 10.0. The number of hydrogen-bond donors (Lipinski definition) is 1. The zero-order valence-corrected chi connectivity index (χ0v) is 11.5. The molecule has 2 unspecified atom stereocenters. The second-order valence-corrected chi connectivity index (χ2v) is 4.65. The van der Waals surface area contributed by atoms with Crippen LogP contribution in [0.4, 0.5) is 4.39 Å². The molecule has 1 fully saturated rings. The van der Waals surface area contributed by atoms with Gasteiger partial charge in [-0.1, -0.05) is 0 Å². The Bertz CT molecular complexity index is 584. The normalized spacial score (nSPS) is 29.8. The van der Waals surface area contributed by atoms with Crippen LogP contribution in [0.25, 0.3) is 0 Å². The number of ether oxygens (including phenoxy) is 3. The van der Waals surface area contributed by atoms with Crippen molar-refractivity contribution < 1.29 is 18.6 Å². The number of aryl methyl sites for hydroxylation is 1. The third-order valence-electron chi connectivity index (χ3n) is 3.34. The van der Waals surface area contributed by atoms with Crippen LogP contribution in [0.3, 0.4) is 0 Å². The van der Waals surface area contributed by atoms with Crippen molar-refractivity contribution in [1.82, 2.24) is 9.55 Å². The summed E-state index contributed by atoms with van der Waals surface area (Å²) >= 11 is 0. The maximum atomic E-state index is 14.4. The van der Waals surface area contributed by atoms with Gasteiger partial charge in [-0.05, 0) is 0 Å². The number of hydrogen-bond acceptors (Lipinski definition) is 5. The molecule has 2 heterocycles. The van der Waals surface area contributed by atoms with Gasteiger partial charge in [-0.15, -0.1) is 0 Å². The molecule has 8 heteroatoms. The van der Waals surface area contributed by atoms with E-state index in [0.717, 1.165) is 4.57 Å². The van der Waals surface area contributed by atoms with E-state index in [0.29, 0.717) is 0 Å². The number of methoxy groups -OCH3 is 2. The van der Waals surface area contributed by atoms with Crippen LogP contribution in [0.15, 0.2) is 15.8 Å². The molecule has 4 atom stereocenters. The summed E-state index contributed by atoms with van der Waals surface area (Å²) in [5, 5.41) is 0. The van der Waals surface area contributed by atoms with Gasteiger partial charge in [-0.2, -0.15) is 0 Å². The zero-order valence-electron chi connectivity index (χ0n) is 11.5. The predicted molar refractivity (Wildman–Crippen MR) is 67.5 cm³/mol. The van der Waals surface area contributed by atoms with Crippen molar-refractivity contribution in [2.75, 3.05) is 20.8 Å². The molecular weight excluding hydrogens is 271 g/mol. The molecule has 112 valence electrons. The fraction of sp³-hybridized carbons (Fsp3) is 0.667. The fourth-order valence-electron chi connectivity index (χ4n) is 2.33. The lowest BCUT2D eigenvalue weighted by Gasteiger charge is -2.16. The molecule has 0 radical (unpaired) electrons. The highest BCUT2D eigenvalue weighted by Gasteiger charge is 2.47. The van der Waals surface area contributed by atoms with E-state index in [4.69, 9.17) is 14.2 Å². The first-order chi connectivity index (χ1) is 9.49. The minimum absolute atomic E-state index is 0.0558. The van der Waals surface area contributed by atoms with Crippen LogP contribution >= 0.6 is 0 Å². The van der Waals surface area contributed by atoms with Crippen LogP contribution in [0.5, 0.6) is 0 Å². The average molecular weight is 288 g/mol. The van der Waals surface area contributed by atoms with Crippen LogP contribution < -0.4 is 11.2 Å². The minimum Gasteiger partial charge on any atom is -0.382 e. The van der Waals surface area contributed by atoms with Crippen molar-refractivity contribution in [3.8, 4) is 0 Å². The van der Waals surface area contributed by atoms with E-state index in [1.54, 1.807) is 0 Å². The predicted octanol–water partition coefficient (Wildman–Crippen LogP) is -0.487. The largest absolute Gasteiger partial charge is 0.382 e. The standard InChI is InChI=1S/C12H17FN2O5/c1-15-4-6(11(16)14-12(15)17)9-8(13)10(19-3)7(20-9)5-18-2/h4,7-10H,5H2,1-3H3,(H,14,16,17)/t7-,8?,9+,10?/m1/s1. The Hall–Kier alpha value is -1.51. The molecule has 2 rings (SSSR count). The number of rotatable bonds is 4. The van der Waals surface area contributed by atoms with Crippen LogP contribution in [0.1, 0.15) is 11.7 Å². The molecule has 1 aromatic heterocycles. The van der Waals surface area contributed by atoms with Gasteiger partial charge in [0.1, 0.15) is 18.3 Å². The summed E-state index contributed by atoms with van der Waals surface area (Å²) in [5.41, 5.74) is -1.17. The van der Waals surface area contributed by atoms with Gasteiger partial charge in [-0.25, -0.2) is 9.18 Å². The number of nitrogens with one attached hydrogen (secondary N) is 1. The van der Waals surface area contributed by atoms with E-state index in [9.17, 15) is 14.0 Å². The SMILES string of the molecule is COC[C@H]1O[C@@H](c2cn(C)c(=O)[nH]c2=O)C(F)C1OC. The highest BCUT2D eigenvalue weighted by molar-refractivity contribution is 5.14. The van der Waals surface area contributed by atoms with Gasteiger partial charge < -0.3 is 18.8 Å². The topological polar surface area (TPSA) is 82.5 Å². The molecular formula is C12H17FN2O5. The summed E-state index contributed by atoms with van der Waals surface area (Å²) in [6.45, 7) is 0.152. The van der Waals surface area contributed by atoms with Gasteiger partial charge in [0.2, 0.25) is 0 Å². The van der Waals surface area contributed by atoms with Crippen molar-refractivity contribution in [2.45, 2.75) is 24.5 Å². The van der Waals surface area contributed by atoms with Crippen molar-refractivity contribution in [3.05, 3.63) is 32.6 Å². The highest BCUT2D eigenvalue weighted by Crippen LogP contribution is 2.35. The number of aromatic nitrogens is 2. The molecule has 0 aromatic carbocycles. The molecule has 1 aliphatic rings. The Labute approximate surface area is 114 Å². The van der Waals surface area contributed by atoms with Crippen molar-refractivity contribution in [1.29, 1.82) is 0 Å². The van der Waals surface area contributed by atoms with Crippen LogP contribution in [0.2, 0.25) is 0 Å². The Balaban J connectivity index is 2.36. The van der Waals surface area contributed by atoms with Crippen LogP contribution in [-0.4, -0.2) is 48.8 Å². The Morgan fingerprint density at radius 1 is 1.45 bits per heavy atom. The molecule has 0 bridgehead atoms. The summed E-state index contributed by atoms with van der Waals surface area (Å²) in [6.07, 6.45) is -2.76. The zero-order chi connectivity index (χ0) is 14.9. The fourth-order valence-corrected chi connectivity index (χ4v) is 2.33. The maximum Gasteiger partial charge on any atom is 0.328 e. The quantitative estimate of drug-likeness (QED) is 0.808. The summed E-state index contributed by atoms with van der Waals surface area (Å²) in [5.74, 6) is 0. The van der Waals surface area contributed by atoms with E-state index in [1.165, 1.54) is 27.5 Å². The van der Waals surface area contributed by atoms with Gasteiger partial charge >= 0.3 is 5.69 Å². The Morgan fingerprint density at radius 2 is 2.15 bits per heavy atom. The van der Waals surface area contributed by atoms with Crippen LogP contribution in [-0.2, 0) is 21.3 Å². The average Bonchev–Trinajstić information content (AvgIpc) is 2.71. The van der Waals surface area contributed by atoms with E-state index in [-0.39, 0.29) is 12.2 Å². The molecule has 20 heavy (non-hydrogen) atoms. The summed E-state index contributed by atoms with van der Waals surface area (Å²) in [7, 11) is 4.30. The molecule has 0 spiro atoms. The lowest BCUT2D eigenvalue weighted by molar-refractivity contribution is -0.0452. The van der Waals surface area contributed by atoms with Gasteiger partial charge in [0.05, 0.1) is 12.2 Å². The van der Waals surface area contributed by atoms with Crippen molar-refractivity contribution >= 4 is 0 Å². The van der Waals surface area contributed by atoms with E-state index < -0.39 is 35.7 Å². The first kappa shape index (κ1) is 14.9. The number of H-pyrrole nitrogens is 1. The van der Waals surface area contributed by atoms with Gasteiger partial charge in [0.25, 0.3) is 5.56 Å². The molecule has 1 N–H and O–H groups in total. The van der Waals surface area contributed by atoms with E-state index in [1.807, 2.05) is 0 Å². The Kier molecular flexibility index (Phi) is 4.36. The number of alkyl halides is 1. The molecule has 1 aliphatic heterocycles. The smallest absolute Gasteiger partial charge is 0.328 e. The molecule has 0 amide bonds. The highest BCUT2D eigenvalue weighted by atomic mass is 19.1. The second-order valence-electron chi connectivity index (χ2n) is 4.65. The monoisotopic (exact) mass is 288 g/mol. The molecule has 7 nitrogen and oxygen atoms in total. The number of aromatic amines is 1. The third kappa shape index (κ3) is 2.54. The Morgan fingerprint density at radius 3 is 2.75 bits per heavy atom. The number of nitrogens with zero attached hydrogens (tertiary/aromatic N) is 1. The van der Waals surface area contributed by atoms with Crippen molar-refractivity contribution in [2.24, 2.45) is 7.05 Å². The third-order valence-corrected chi connectivity index (χ3v) is 3.34. The van der Waals surface area contributed by atoms with Gasteiger partial charge in [0, 0.05) is 27.5 Å². The summed E-state index contributed by atoms with van der Waals surface area (Å²) < 4.78 is 31.1. The van der Waals surface area contributed by atoms with Gasteiger partial charge in [-0.3, -0.25) is 9.78 Å². The van der Waals surface area contributed by atoms with Gasteiger partial charge in [0.15, 0.2) is 6.17 Å². The first-order valence-electron chi connectivity index (χ1n) is 6.10. The van der Waals surface area contributed by atoms with E-state index >= 15 is 0 Å². The lowest BCUT2D eigenvalue weighted by Crippen LogP contribution is -2.34. The summed E-state index contributed by atoms with van der Waals surface area (Å²) in [4.78, 5) is 25.2. The molecule has 1 saturated heterocycles. The first-order valence-corrected chi connectivity index (χ1v) is 6.10. The molecule has 0 aliphatic carbocycles.